The maximum absolute atomic E-state index is 14.3. The van der Waals surface area contributed by atoms with Crippen molar-refractivity contribution in [3.8, 4) is 0 Å². The highest BCUT2D eigenvalue weighted by atomic mass is 35.5. The van der Waals surface area contributed by atoms with E-state index in [0.29, 0.717) is 34.0 Å². The van der Waals surface area contributed by atoms with Crippen LogP contribution in [0.1, 0.15) is 48.5 Å². The second-order valence-electron chi connectivity index (χ2n) is 11.3. The molecule has 0 radical (unpaired) electrons. The number of nitrogens with one attached hydrogen (secondary N) is 2. The monoisotopic (exact) mass is 631 g/mol. The van der Waals surface area contributed by atoms with Crippen LogP contribution < -0.4 is 10.6 Å². The van der Waals surface area contributed by atoms with Gasteiger partial charge in [0.2, 0.25) is 5.91 Å². The van der Waals surface area contributed by atoms with E-state index < -0.39 is 30.4 Å². The first-order valence-electron chi connectivity index (χ1n) is 14.4. The molecule has 2 aliphatic rings. The van der Waals surface area contributed by atoms with Crippen LogP contribution in [-0.2, 0) is 22.7 Å². The Kier molecular flexibility index (Phi) is 9.31. The molecule has 1 atom stereocenters. The number of alkyl halides is 2. The van der Waals surface area contributed by atoms with Crippen molar-refractivity contribution in [2.24, 2.45) is 0 Å². The molecule has 0 spiro atoms. The molecular formula is C31H33ClF3N5O4. The summed E-state index contributed by atoms with van der Waals surface area (Å²) in [5.41, 5.74) is 1.54. The van der Waals surface area contributed by atoms with Crippen LogP contribution >= 0.6 is 11.6 Å². The van der Waals surface area contributed by atoms with Gasteiger partial charge in [0.1, 0.15) is 24.7 Å². The van der Waals surface area contributed by atoms with Gasteiger partial charge in [-0.1, -0.05) is 23.7 Å². The number of nitrogens with zero attached hydrogens (tertiary/aromatic N) is 3. The highest BCUT2D eigenvalue weighted by Crippen LogP contribution is 2.31. The van der Waals surface area contributed by atoms with Gasteiger partial charge < -0.3 is 29.8 Å². The molecule has 9 nitrogen and oxygen atoms in total. The van der Waals surface area contributed by atoms with Crippen LogP contribution in [-0.4, -0.2) is 76.0 Å². The lowest BCUT2D eigenvalue weighted by atomic mass is 10.1. The van der Waals surface area contributed by atoms with E-state index in [9.17, 15) is 32.3 Å². The normalized spacial score (nSPS) is 16.9. The summed E-state index contributed by atoms with van der Waals surface area (Å²) in [4.78, 5) is 53.6. The summed E-state index contributed by atoms with van der Waals surface area (Å²) in [6.45, 7) is 1.01. The Bertz CT molecular complexity index is 1590. The number of hydrogen-bond donors (Lipinski definition) is 2. The average Bonchev–Trinajstić information content (AvgIpc) is 3.74. The van der Waals surface area contributed by atoms with E-state index in [1.807, 2.05) is 0 Å². The number of fused-ring (bicyclic) bond motifs is 1. The van der Waals surface area contributed by atoms with Gasteiger partial charge in [0, 0.05) is 66.0 Å². The lowest BCUT2D eigenvalue weighted by Gasteiger charge is -2.32. The average molecular weight is 632 g/mol. The number of aldehydes is 1. The Morgan fingerprint density at radius 3 is 2.66 bits per heavy atom. The summed E-state index contributed by atoms with van der Waals surface area (Å²) in [7, 11) is 0. The lowest BCUT2D eigenvalue weighted by Crippen LogP contribution is -2.49. The molecule has 234 valence electrons. The van der Waals surface area contributed by atoms with Gasteiger partial charge in [-0.3, -0.25) is 9.59 Å². The van der Waals surface area contributed by atoms with Crippen molar-refractivity contribution in [1.82, 2.24) is 19.7 Å². The molecule has 1 aromatic heterocycles. The number of carbonyl (C=O) groups excluding carboxylic acids is 4. The number of urea groups is 1. The molecule has 1 saturated heterocycles. The molecule has 2 aromatic carbocycles. The van der Waals surface area contributed by atoms with Crippen LogP contribution in [0.25, 0.3) is 10.9 Å². The summed E-state index contributed by atoms with van der Waals surface area (Å²) in [6.07, 6.45) is 3.68. The van der Waals surface area contributed by atoms with Crippen LogP contribution in [0.15, 0.2) is 42.6 Å². The number of anilines is 1. The van der Waals surface area contributed by atoms with E-state index >= 15 is 0 Å². The van der Waals surface area contributed by atoms with Crippen LogP contribution in [0.4, 0.5) is 23.7 Å². The minimum atomic E-state index is -2.94. The molecule has 1 aliphatic heterocycles. The van der Waals surface area contributed by atoms with E-state index in [1.165, 1.54) is 17.9 Å². The highest BCUT2D eigenvalue weighted by molar-refractivity contribution is 6.30. The van der Waals surface area contributed by atoms with Gasteiger partial charge in [0.15, 0.2) is 5.78 Å². The van der Waals surface area contributed by atoms with Crippen molar-refractivity contribution in [3.05, 3.63) is 64.6 Å². The second kappa shape index (κ2) is 13.0. The van der Waals surface area contributed by atoms with Gasteiger partial charge in [0.25, 0.3) is 5.92 Å². The number of halogens is 4. The largest absolute Gasteiger partial charge is 0.337 e. The SMILES string of the molecule is CC(=O)c1cn(CC(=O)N(C(C=O)CNCc2cccc(Cl)c2F)C2CC2)c2ccc(NC(=O)N3CCCC(F)(F)C3)cc12. The fourth-order valence-corrected chi connectivity index (χ4v) is 5.81. The zero-order valence-corrected chi connectivity index (χ0v) is 24.9. The van der Waals surface area contributed by atoms with Crippen molar-refractivity contribution < 1.29 is 32.3 Å². The molecular weight excluding hydrogens is 599 g/mol. The van der Waals surface area contributed by atoms with Gasteiger partial charge in [-0.25, -0.2) is 18.0 Å². The molecule has 1 saturated carbocycles. The number of benzene rings is 2. The van der Waals surface area contributed by atoms with Crippen molar-refractivity contribution in [2.45, 2.75) is 63.7 Å². The van der Waals surface area contributed by atoms with E-state index in [1.54, 1.807) is 41.1 Å². The molecule has 5 rings (SSSR count). The number of rotatable bonds is 11. The van der Waals surface area contributed by atoms with Gasteiger partial charge >= 0.3 is 6.03 Å². The third kappa shape index (κ3) is 7.07. The quantitative estimate of drug-likeness (QED) is 0.222. The molecule has 0 bridgehead atoms. The van der Waals surface area contributed by atoms with Crippen molar-refractivity contribution in [2.75, 3.05) is 25.0 Å². The van der Waals surface area contributed by atoms with E-state index in [-0.39, 0.29) is 61.8 Å². The first-order chi connectivity index (χ1) is 21.0. The predicted octanol–water partition coefficient (Wildman–Crippen LogP) is 5.25. The first-order valence-corrected chi connectivity index (χ1v) is 14.8. The van der Waals surface area contributed by atoms with Gasteiger partial charge in [0.05, 0.1) is 11.6 Å². The number of likely N-dealkylation sites (tertiary alicyclic amines) is 1. The predicted molar refractivity (Wildman–Crippen MR) is 160 cm³/mol. The zero-order valence-electron chi connectivity index (χ0n) is 24.1. The number of hydrogen-bond acceptors (Lipinski definition) is 5. The van der Waals surface area contributed by atoms with E-state index in [0.717, 1.165) is 17.7 Å². The molecule has 3 amide bonds. The minimum Gasteiger partial charge on any atom is -0.337 e. The fourth-order valence-electron chi connectivity index (χ4n) is 5.62. The van der Waals surface area contributed by atoms with Crippen molar-refractivity contribution in [3.63, 3.8) is 0 Å². The van der Waals surface area contributed by atoms with Crippen LogP contribution in [0.3, 0.4) is 0 Å². The Labute approximate surface area is 257 Å². The number of amides is 3. The molecule has 1 aliphatic carbocycles. The van der Waals surface area contributed by atoms with Crippen LogP contribution in [0.2, 0.25) is 5.02 Å². The van der Waals surface area contributed by atoms with Gasteiger partial charge in [-0.2, -0.15) is 0 Å². The number of Topliss-reactive ketones (excluding diaryl/α,β-unsaturated/α-hetero) is 1. The second-order valence-corrected chi connectivity index (χ2v) is 11.8. The number of piperidine rings is 1. The molecule has 3 aromatic rings. The van der Waals surface area contributed by atoms with Crippen molar-refractivity contribution in [1.29, 1.82) is 0 Å². The molecule has 44 heavy (non-hydrogen) atoms. The topological polar surface area (TPSA) is 104 Å². The molecule has 13 heteroatoms. The first kappa shape index (κ1) is 31.5. The highest BCUT2D eigenvalue weighted by Gasteiger charge is 2.38. The Morgan fingerprint density at radius 2 is 1.98 bits per heavy atom. The van der Waals surface area contributed by atoms with E-state index in [2.05, 4.69) is 10.6 Å². The third-order valence-electron chi connectivity index (χ3n) is 7.94. The maximum atomic E-state index is 14.3. The number of aromatic nitrogens is 1. The maximum Gasteiger partial charge on any atom is 0.322 e. The Balaban J connectivity index is 1.31. The Morgan fingerprint density at radius 1 is 1.20 bits per heavy atom. The zero-order chi connectivity index (χ0) is 31.6. The minimum absolute atomic E-state index is 0.00365. The summed E-state index contributed by atoms with van der Waals surface area (Å²) in [5, 5.41) is 6.17. The van der Waals surface area contributed by atoms with Crippen LogP contribution in [0, 0.1) is 5.82 Å². The molecule has 2 heterocycles. The molecule has 2 fully saturated rings. The summed E-state index contributed by atoms with van der Waals surface area (Å²) >= 11 is 5.86. The lowest BCUT2D eigenvalue weighted by molar-refractivity contribution is -0.137. The summed E-state index contributed by atoms with van der Waals surface area (Å²) in [5.74, 6) is -4.07. The number of ketones is 1. The molecule has 2 N–H and O–H groups in total. The smallest absolute Gasteiger partial charge is 0.322 e. The summed E-state index contributed by atoms with van der Waals surface area (Å²) in [6, 6.07) is 7.91. The van der Waals surface area contributed by atoms with Crippen molar-refractivity contribution >= 4 is 52.2 Å². The Hall–Kier alpha value is -3.90. The third-order valence-corrected chi connectivity index (χ3v) is 8.23. The fraction of sp³-hybridized carbons (Fsp3) is 0.419. The number of carbonyl (C=O) groups is 4. The van der Waals surface area contributed by atoms with Gasteiger partial charge in [-0.15, -0.1) is 0 Å². The molecule has 1 unspecified atom stereocenters. The van der Waals surface area contributed by atoms with E-state index in [4.69, 9.17) is 11.6 Å². The van der Waals surface area contributed by atoms with Crippen LogP contribution in [0.5, 0.6) is 0 Å². The summed E-state index contributed by atoms with van der Waals surface area (Å²) < 4.78 is 43.5. The standard InChI is InChI=1S/C31H33ClF3N5O4/c1-19(42)25-15-39(27-9-6-21(12-24(25)27)37-30(44)38-11-3-10-31(34,35)18-38)16-28(43)40(22-7-8-22)23(17-41)14-36-13-20-4-2-5-26(32)29(20)33/h2,4-6,9,12,15,17,22-23,36H,3,7-8,10-11,13-14,16,18H2,1H3,(H,37,44). The van der Waals surface area contributed by atoms with Gasteiger partial charge in [-0.05, 0) is 50.5 Å².